The number of hydrogen-bond donors (Lipinski definition) is 2. The molecule has 0 saturated carbocycles. The highest BCUT2D eigenvalue weighted by Gasteiger charge is 2.20. The van der Waals surface area contributed by atoms with Crippen molar-refractivity contribution in [1.82, 2.24) is 15.1 Å². The molecule has 0 aromatic heterocycles. The Balaban J connectivity index is 2.13. The summed E-state index contributed by atoms with van der Waals surface area (Å²) in [5, 5.41) is 11.6. The number of carboxylic acids is 1. The zero-order valence-corrected chi connectivity index (χ0v) is 12.6. The van der Waals surface area contributed by atoms with Crippen molar-refractivity contribution >= 4 is 12.0 Å². The molecule has 0 aliphatic carbocycles. The second-order valence-electron chi connectivity index (χ2n) is 5.44. The van der Waals surface area contributed by atoms with E-state index in [2.05, 4.69) is 17.1 Å². The van der Waals surface area contributed by atoms with Gasteiger partial charge in [-0.3, -0.25) is 9.69 Å². The summed E-state index contributed by atoms with van der Waals surface area (Å²) in [6, 6.07) is -0.0240. The number of amides is 2. The molecular formula is C14H27N3O3. The van der Waals surface area contributed by atoms with Crippen molar-refractivity contribution in [1.29, 1.82) is 0 Å². The lowest BCUT2D eigenvalue weighted by molar-refractivity contribution is -0.141. The Morgan fingerprint density at radius 1 is 1.25 bits per heavy atom. The molecule has 116 valence electrons. The standard InChI is InChI=1S/C14H27N3O3/c1-3-7-16-8-10-17(11-9-16)14(20)15-6-4-5-12(2)13(18)19/h12H,3-11H2,1-2H3,(H,15,20)(H,18,19). The SMILES string of the molecule is CCCN1CCN(C(=O)NCCCC(C)C(=O)O)CC1. The van der Waals surface area contributed by atoms with Crippen LogP contribution in [0.3, 0.4) is 0 Å². The number of carboxylic acid groups (broad SMARTS) is 1. The molecule has 2 N–H and O–H groups in total. The van der Waals surface area contributed by atoms with Gasteiger partial charge in [0.25, 0.3) is 0 Å². The average Bonchev–Trinajstić information content (AvgIpc) is 2.44. The van der Waals surface area contributed by atoms with Gasteiger partial charge in [-0.2, -0.15) is 0 Å². The highest BCUT2D eigenvalue weighted by molar-refractivity contribution is 5.74. The Morgan fingerprint density at radius 3 is 2.45 bits per heavy atom. The Bertz CT molecular complexity index is 315. The van der Waals surface area contributed by atoms with Crippen LogP contribution in [0.15, 0.2) is 0 Å². The van der Waals surface area contributed by atoms with Gasteiger partial charge in [-0.05, 0) is 25.8 Å². The van der Waals surface area contributed by atoms with Crippen LogP contribution in [-0.2, 0) is 4.79 Å². The maximum Gasteiger partial charge on any atom is 0.317 e. The van der Waals surface area contributed by atoms with Crippen LogP contribution in [0.1, 0.15) is 33.1 Å². The first-order valence-corrected chi connectivity index (χ1v) is 7.52. The first-order valence-electron chi connectivity index (χ1n) is 7.52. The maximum atomic E-state index is 11.9. The number of rotatable bonds is 7. The van der Waals surface area contributed by atoms with Crippen LogP contribution in [-0.4, -0.2) is 66.2 Å². The Hall–Kier alpha value is -1.30. The number of nitrogens with one attached hydrogen (secondary N) is 1. The van der Waals surface area contributed by atoms with Gasteiger partial charge in [0.05, 0.1) is 5.92 Å². The van der Waals surface area contributed by atoms with Crippen molar-refractivity contribution in [3.63, 3.8) is 0 Å². The smallest absolute Gasteiger partial charge is 0.317 e. The molecule has 1 aliphatic heterocycles. The number of hydrogen-bond acceptors (Lipinski definition) is 3. The van der Waals surface area contributed by atoms with E-state index < -0.39 is 5.97 Å². The largest absolute Gasteiger partial charge is 0.481 e. The molecule has 6 heteroatoms. The van der Waals surface area contributed by atoms with E-state index >= 15 is 0 Å². The van der Waals surface area contributed by atoms with E-state index in [1.54, 1.807) is 6.92 Å². The van der Waals surface area contributed by atoms with Crippen molar-refractivity contribution in [3.05, 3.63) is 0 Å². The third kappa shape index (κ3) is 5.77. The van der Waals surface area contributed by atoms with Gasteiger partial charge in [0.2, 0.25) is 0 Å². The van der Waals surface area contributed by atoms with Crippen molar-refractivity contribution in [3.8, 4) is 0 Å². The highest BCUT2D eigenvalue weighted by atomic mass is 16.4. The highest BCUT2D eigenvalue weighted by Crippen LogP contribution is 2.05. The van der Waals surface area contributed by atoms with E-state index in [4.69, 9.17) is 5.11 Å². The minimum absolute atomic E-state index is 0.0240. The number of aliphatic carboxylic acids is 1. The van der Waals surface area contributed by atoms with E-state index in [1.807, 2.05) is 4.90 Å². The van der Waals surface area contributed by atoms with Gasteiger partial charge < -0.3 is 15.3 Å². The summed E-state index contributed by atoms with van der Waals surface area (Å²) in [6.45, 7) is 8.94. The molecule has 20 heavy (non-hydrogen) atoms. The summed E-state index contributed by atoms with van der Waals surface area (Å²) in [5.74, 6) is -1.12. The number of carbonyl (C=O) groups excluding carboxylic acids is 1. The molecule has 1 heterocycles. The Morgan fingerprint density at radius 2 is 1.90 bits per heavy atom. The van der Waals surface area contributed by atoms with Gasteiger partial charge >= 0.3 is 12.0 Å². The predicted octanol–water partition coefficient (Wildman–Crippen LogP) is 1.22. The second-order valence-corrected chi connectivity index (χ2v) is 5.44. The lowest BCUT2D eigenvalue weighted by Gasteiger charge is -2.34. The zero-order chi connectivity index (χ0) is 15.0. The molecule has 1 saturated heterocycles. The molecule has 0 aromatic carbocycles. The summed E-state index contributed by atoms with van der Waals surface area (Å²) in [4.78, 5) is 26.8. The van der Waals surface area contributed by atoms with Gasteiger partial charge in [-0.1, -0.05) is 13.8 Å². The molecule has 1 atom stereocenters. The first-order chi connectivity index (χ1) is 9.54. The number of nitrogens with zero attached hydrogens (tertiary/aromatic N) is 2. The molecule has 2 amide bonds. The van der Waals surface area contributed by atoms with E-state index in [0.29, 0.717) is 19.4 Å². The molecule has 1 fully saturated rings. The Kier molecular flexibility index (Phi) is 7.36. The van der Waals surface area contributed by atoms with Crippen LogP contribution >= 0.6 is 0 Å². The fourth-order valence-corrected chi connectivity index (χ4v) is 2.33. The average molecular weight is 285 g/mol. The predicted molar refractivity (Wildman–Crippen MR) is 77.7 cm³/mol. The maximum absolute atomic E-state index is 11.9. The molecule has 0 bridgehead atoms. The van der Waals surface area contributed by atoms with E-state index in [0.717, 1.165) is 39.1 Å². The second kappa shape index (κ2) is 8.79. The topological polar surface area (TPSA) is 72.9 Å². The Labute approximate surface area is 121 Å². The van der Waals surface area contributed by atoms with Gasteiger partial charge in [0, 0.05) is 32.7 Å². The van der Waals surface area contributed by atoms with Gasteiger partial charge in [-0.15, -0.1) is 0 Å². The third-order valence-corrected chi connectivity index (χ3v) is 3.71. The van der Waals surface area contributed by atoms with Crippen LogP contribution in [0.25, 0.3) is 0 Å². The summed E-state index contributed by atoms with van der Waals surface area (Å²) < 4.78 is 0. The molecule has 1 aliphatic rings. The normalized spacial score (nSPS) is 17.8. The summed E-state index contributed by atoms with van der Waals surface area (Å²) in [5.41, 5.74) is 0. The first kappa shape index (κ1) is 16.8. The third-order valence-electron chi connectivity index (χ3n) is 3.71. The fourth-order valence-electron chi connectivity index (χ4n) is 2.33. The molecule has 0 radical (unpaired) electrons. The van der Waals surface area contributed by atoms with E-state index in [1.165, 1.54) is 0 Å². The van der Waals surface area contributed by atoms with E-state index in [-0.39, 0.29) is 11.9 Å². The number of piperazine rings is 1. The van der Waals surface area contributed by atoms with Crippen LogP contribution < -0.4 is 5.32 Å². The molecule has 0 spiro atoms. The summed E-state index contributed by atoms with van der Waals surface area (Å²) >= 11 is 0. The van der Waals surface area contributed by atoms with E-state index in [9.17, 15) is 9.59 Å². The molecule has 0 aromatic rings. The molecule has 1 rings (SSSR count). The van der Waals surface area contributed by atoms with Gasteiger partial charge in [0.1, 0.15) is 0 Å². The van der Waals surface area contributed by atoms with Crippen LogP contribution in [0.4, 0.5) is 4.79 Å². The monoisotopic (exact) mass is 285 g/mol. The molecule has 6 nitrogen and oxygen atoms in total. The van der Waals surface area contributed by atoms with Crippen molar-refractivity contribution in [2.75, 3.05) is 39.3 Å². The fraction of sp³-hybridized carbons (Fsp3) is 0.857. The lowest BCUT2D eigenvalue weighted by atomic mass is 10.1. The minimum Gasteiger partial charge on any atom is -0.481 e. The number of carbonyl (C=O) groups is 2. The number of urea groups is 1. The zero-order valence-electron chi connectivity index (χ0n) is 12.6. The van der Waals surface area contributed by atoms with Crippen LogP contribution in [0, 0.1) is 5.92 Å². The molecule has 1 unspecified atom stereocenters. The van der Waals surface area contributed by atoms with Gasteiger partial charge in [0.15, 0.2) is 0 Å². The van der Waals surface area contributed by atoms with Crippen molar-refractivity contribution in [2.45, 2.75) is 33.1 Å². The summed E-state index contributed by atoms with van der Waals surface area (Å²) in [6.07, 6.45) is 2.45. The van der Waals surface area contributed by atoms with Crippen molar-refractivity contribution < 1.29 is 14.7 Å². The van der Waals surface area contributed by atoms with Crippen LogP contribution in [0.2, 0.25) is 0 Å². The quantitative estimate of drug-likeness (QED) is 0.690. The van der Waals surface area contributed by atoms with Crippen LogP contribution in [0.5, 0.6) is 0 Å². The molecular weight excluding hydrogens is 258 g/mol. The van der Waals surface area contributed by atoms with Crippen molar-refractivity contribution in [2.24, 2.45) is 5.92 Å². The van der Waals surface area contributed by atoms with Gasteiger partial charge in [-0.25, -0.2) is 4.79 Å². The lowest BCUT2D eigenvalue weighted by Crippen LogP contribution is -2.51. The summed E-state index contributed by atoms with van der Waals surface area (Å²) in [7, 11) is 0. The minimum atomic E-state index is -0.775.